The SMILES string of the molecule is c1ccc(CN2CCOC[C@@]3(CC[C@@H](CN4CCOCC4)O3)C2)nc1. The molecule has 1 aromatic rings. The highest BCUT2D eigenvalue weighted by atomic mass is 16.6. The van der Waals surface area contributed by atoms with Crippen LogP contribution < -0.4 is 0 Å². The molecule has 1 aromatic heterocycles. The van der Waals surface area contributed by atoms with Crippen LogP contribution in [-0.2, 0) is 20.8 Å². The fraction of sp³-hybridized carbons (Fsp3) is 0.737. The lowest BCUT2D eigenvalue weighted by atomic mass is 10.00. The summed E-state index contributed by atoms with van der Waals surface area (Å²) in [5.74, 6) is 0. The summed E-state index contributed by atoms with van der Waals surface area (Å²) in [5, 5.41) is 0. The summed E-state index contributed by atoms with van der Waals surface area (Å²) in [7, 11) is 0. The van der Waals surface area contributed by atoms with Crippen molar-refractivity contribution in [1.82, 2.24) is 14.8 Å². The van der Waals surface area contributed by atoms with E-state index in [9.17, 15) is 0 Å². The highest BCUT2D eigenvalue weighted by Gasteiger charge is 2.43. The fourth-order valence-electron chi connectivity index (χ4n) is 4.16. The van der Waals surface area contributed by atoms with Gasteiger partial charge in [0.05, 0.1) is 38.2 Å². The normalized spacial score (nSPS) is 32.1. The van der Waals surface area contributed by atoms with Crippen LogP contribution in [0.4, 0.5) is 0 Å². The summed E-state index contributed by atoms with van der Waals surface area (Å²) in [6.07, 6.45) is 4.39. The Labute approximate surface area is 150 Å². The van der Waals surface area contributed by atoms with Gasteiger partial charge < -0.3 is 14.2 Å². The molecule has 4 heterocycles. The highest BCUT2D eigenvalue weighted by Crippen LogP contribution is 2.33. The smallest absolute Gasteiger partial charge is 0.105 e. The largest absolute Gasteiger partial charge is 0.379 e. The van der Waals surface area contributed by atoms with Crippen LogP contribution in [0.15, 0.2) is 24.4 Å². The van der Waals surface area contributed by atoms with E-state index in [0.29, 0.717) is 12.7 Å². The second kappa shape index (κ2) is 8.10. The standard InChI is InChI=1S/C19H29N3O3/c1-2-6-20-17(3-1)13-22-9-12-24-16-19(15-22)5-4-18(25-19)14-21-7-10-23-11-8-21/h1-3,6,18H,4-5,7-16H2/t18-,19+/m0/s1. The lowest BCUT2D eigenvalue weighted by Gasteiger charge is -2.33. The molecular formula is C19H29N3O3. The van der Waals surface area contributed by atoms with E-state index < -0.39 is 0 Å². The molecule has 0 N–H and O–H groups in total. The average Bonchev–Trinajstić information content (AvgIpc) is 2.91. The van der Waals surface area contributed by atoms with Crippen LogP contribution in [0.5, 0.6) is 0 Å². The van der Waals surface area contributed by atoms with Crippen molar-refractivity contribution in [3.63, 3.8) is 0 Å². The molecule has 4 rings (SSSR count). The molecule has 3 fully saturated rings. The molecule has 0 radical (unpaired) electrons. The number of hydrogen-bond donors (Lipinski definition) is 0. The molecule has 25 heavy (non-hydrogen) atoms. The third kappa shape index (κ3) is 4.57. The Morgan fingerprint density at radius 2 is 1.92 bits per heavy atom. The first-order valence-corrected chi connectivity index (χ1v) is 9.49. The van der Waals surface area contributed by atoms with Gasteiger partial charge in [-0.1, -0.05) is 6.07 Å². The lowest BCUT2D eigenvalue weighted by Crippen LogP contribution is -2.46. The van der Waals surface area contributed by atoms with Gasteiger partial charge in [-0.2, -0.15) is 0 Å². The van der Waals surface area contributed by atoms with Crippen molar-refractivity contribution in [2.75, 3.05) is 59.2 Å². The number of morpholine rings is 1. The molecule has 1 spiro atoms. The second-order valence-electron chi connectivity index (χ2n) is 7.46. The van der Waals surface area contributed by atoms with Crippen LogP contribution in [0.25, 0.3) is 0 Å². The van der Waals surface area contributed by atoms with Crippen molar-refractivity contribution in [2.24, 2.45) is 0 Å². The molecule has 2 atom stereocenters. The van der Waals surface area contributed by atoms with E-state index in [2.05, 4.69) is 26.9 Å². The van der Waals surface area contributed by atoms with E-state index in [1.165, 1.54) is 0 Å². The third-order valence-corrected chi connectivity index (χ3v) is 5.44. The fourth-order valence-corrected chi connectivity index (χ4v) is 4.16. The Balaban J connectivity index is 1.35. The monoisotopic (exact) mass is 347 g/mol. The maximum Gasteiger partial charge on any atom is 0.105 e. The molecule has 0 aliphatic carbocycles. The van der Waals surface area contributed by atoms with Crippen molar-refractivity contribution < 1.29 is 14.2 Å². The van der Waals surface area contributed by atoms with E-state index in [4.69, 9.17) is 14.2 Å². The van der Waals surface area contributed by atoms with Gasteiger partial charge in [0.1, 0.15) is 5.60 Å². The van der Waals surface area contributed by atoms with E-state index in [1.807, 2.05) is 12.3 Å². The average molecular weight is 347 g/mol. The van der Waals surface area contributed by atoms with Gasteiger partial charge in [-0.25, -0.2) is 0 Å². The minimum Gasteiger partial charge on any atom is -0.379 e. The number of ether oxygens (including phenoxy) is 3. The summed E-state index contributed by atoms with van der Waals surface area (Å²) in [6, 6.07) is 6.11. The van der Waals surface area contributed by atoms with Crippen LogP contribution in [0.3, 0.4) is 0 Å². The van der Waals surface area contributed by atoms with Gasteiger partial charge in [-0.05, 0) is 25.0 Å². The van der Waals surface area contributed by atoms with Crippen molar-refractivity contribution in [2.45, 2.75) is 31.1 Å². The van der Waals surface area contributed by atoms with Crippen LogP contribution >= 0.6 is 0 Å². The number of nitrogens with zero attached hydrogens (tertiary/aromatic N) is 3. The highest BCUT2D eigenvalue weighted by molar-refractivity contribution is 5.04. The van der Waals surface area contributed by atoms with Crippen molar-refractivity contribution in [3.8, 4) is 0 Å². The summed E-state index contributed by atoms with van der Waals surface area (Å²) in [6.45, 7) is 8.98. The first-order valence-electron chi connectivity index (χ1n) is 9.49. The zero-order valence-electron chi connectivity index (χ0n) is 14.9. The summed E-state index contributed by atoms with van der Waals surface area (Å²) >= 11 is 0. The van der Waals surface area contributed by atoms with E-state index in [0.717, 1.165) is 77.6 Å². The maximum atomic E-state index is 6.57. The van der Waals surface area contributed by atoms with Crippen LogP contribution in [-0.4, -0.2) is 85.6 Å². The van der Waals surface area contributed by atoms with E-state index >= 15 is 0 Å². The molecule has 138 valence electrons. The van der Waals surface area contributed by atoms with Gasteiger partial charge in [0.15, 0.2) is 0 Å². The molecule has 3 aliphatic rings. The number of pyridine rings is 1. The Morgan fingerprint density at radius 3 is 2.76 bits per heavy atom. The molecular weight excluding hydrogens is 318 g/mol. The predicted molar refractivity (Wildman–Crippen MR) is 94.4 cm³/mol. The third-order valence-electron chi connectivity index (χ3n) is 5.44. The van der Waals surface area contributed by atoms with Crippen LogP contribution in [0.2, 0.25) is 0 Å². The molecule has 6 heteroatoms. The first kappa shape index (κ1) is 17.4. The first-order chi connectivity index (χ1) is 12.3. The minimum absolute atomic E-state index is 0.151. The summed E-state index contributed by atoms with van der Waals surface area (Å²) in [4.78, 5) is 9.37. The molecule has 0 saturated carbocycles. The molecule has 0 aromatic carbocycles. The number of aromatic nitrogens is 1. The van der Waals surface area contributed by atoms with Gasteiger partial charge in [0, 0.05) is 45.5 Å². The van der Waals surface area contributed by atoms with Crippen molar-refractivity contribution >= 4 is 0 Å². The van der Waals surface area contributed by atoms with Gasteiger partial charge in [-0.15, -0.1) is 0 Å². The van der Waals surface area contributed by atoms with Crippen molar-refractivity contribution in [1.29, 1.82) is 0 Å². The Morgan fingerprint density at radius 1 is 1.08 bits per heavy atom. The van der Waals surface area contributed by atoms with Crippen LogP contribution in [0.1, 0.15) is 18.5 Å². The van der Waals surface area contributed by atoms with Gasteiger partial charge in [0.25, 0.3) is 0 Å². The molecule has 0 amide bonds. The van der Waals surface area contributed by atoms with Gasteiger partial charge in [-0.3, -0.25) is 14.8 Å². The zero-order chi connectivity index (χ0) is 17.0. The second-order valence-corrected chi connectivity index (χ2v) is 7.46. The summed E-state index contributed by atoms with van der Waals surface area (Å²) in [5.41, 5.74) is 0.963. The molecule has 6 nitrogen and oxygen atoms in total. The topological polar surface area (TPSA) is 47.1 Å². The predicted octanol–water partition coefficient (Wildman–Crippen LogP) is 1.16. The van der Waals surface area contributed by atoms with Gasteiger partial charge in [0.2, 0.25) is 0 Å². The molecule has 0 bridgehead atoms. The number of hydrogen-bond acceptors (Lipinski definition) is 6. The minimum atomic E-state index is -0.151. The summed E-state index contributed by atoms with van der Waals surface area (Å²) < 4.78 is 17.9. The van der Waals surface area contributed by atoms with Gasteiger partial charge >= 0.3 is 0 Å². The molecule has 0 unspecified atom stereocenters. The quantitative estimate of drug-likeness (QED) is 0.815. The Bertz CT molecular complexity index is 538. The molecule has 3 aliphatic heterocycles. The zero-order valence-corrected chi connectivity index (χ0v) is 14.9. The lowest BCUT2D eigenvalue weighted by molar-refractivity contribution is -0.0967. The maximum absolute atomic E-state index is 6.57. The van der Waals surface area contributed by atoms with Crippen molar-refractivity contribution in [3.05, 3.63) is 30.1 Å². The van der Waals surface area contributed by atoms with Crippen LogP contribution in [0, 0.1) is 0 Å². The van der Waals surface area contributed by atoms with E-state index in [-0.39, 0.29) is 5.60 Å². The molecule has 3 saturated heterocycles. The Kier molecular flexibility index (Phi) is 5.63. The van der Waals surface area contributed by atoms with E-state index in [1.54, 1.807) is 0 Å². The Hall–Kier alpha value is -1.05. The number of rotatable bonds is 4.